The van der Waals surface area contributed by atoms with E-state index in [0.717, 1.165) is 4.31 Å². The number of hydrogen-bond acceptors (Lipinski definition) is 7. The molecule has 0 radical (unpaired) electrons. The summed E-state index contributed by atoms with van der Waals surface area (Å²) in [5.74, 6) is -1.38. The molecule has 0 spiro atoms. The fourth-order valence-electron chi connectivity index (χ4n) is 2.12. The van der Waals surface area contributed by atoms with Crippen LogP contribution in [-0.4, -0.2) is 82.0 Å². The number of esters is 1. The number of amides is 1. The molecule has 1 rings (SSSR count). The van der Waals surface area contributed by atoms with Gasteiger partial charge in [-0.25, -0.2) is 8.42 Å². The third-order valence-electron chi connectivity index (χ3n) is 3.24. The summed E-state index contributed by atoms with van der Waals surface area (Å²) in [6, 6.07) is -1.00. The van der Waals surface area contributed by atoms with Gasteiger partial charge in [0.2, 0.25) is 15.9 Å². The van der Waals surface area contributed by atoms with Crippen LogP contribution in [0.25, 0.3) is 0 Å². The van der Waals surface area contributed by atoms with E-state index in [1.165, 1.54) is 0 Å². The molecule has 140 valence electrons. The van der Waals surface area contributed by atoms with Crippen molar-refractivity contribution in [3.05, 3.63) is 0 Å². The van der Waals surface area contributed by atoms with Gasteiger partial charge < -0.3 is 19.5 Å². The monoisotopic (exact) mass is 366 g/mol. The number of nitrogens with one attached hydrogen (secondary N) is 1. The maximum absolute atomic E-state index is 12.4. The van der Waals surface area contributed by atoms with E-state index in [0.29, 0.717) is 0 Å². The maximum atomic E-state index is 12.4. The molecule has 1 heterocycles. The Morgan fingerprint density at radius 3 is 2.71 bits per heavy atom. The number of carbonyl (C=O) groups excluding carboxylic acids is 2. The van der Waals surface area contributed by atoms with Crippen molar-refractivity contribution in [2.75, 3.05) is 45.3 Å². The molecule has 0 bridgehead atoms. The van der Waals surface area contributed by atoms with E-state index in [1.807, 2.05) is 13.8 Å². The summed E-state index contributed by atoms with van der Waals surface area (Å²) in [6.07, 6.45) is -0.0754. The highest BCUT2D eigenvalue weighted by atomic mass is 32.2. The first-order chi connectivity index (χ1) is 11.3. The standard InChI is InChI=1S/C14H26N2O7S/c1-4-22-13(17)9-15-14(18)12-10-21-6-5-16(12)24(19,20)8-7-23-11(2)3/h11-12H,4-10H2,1-3H3,(H,15,18)/t12-/m1/s1. The van der Waals surface area contributed by atoms with Crippen LogP contribution in [0.4, 0.5) is 0 Å². The van der Waals surface area contributed by atoms with E-state index >= 15 is 0 Å². The van der Waals surface area contributed by atoms with Crippen molar-refractivity contribution in [1.29, 1.82) is 0 Å². The van der Waals surface area contributed by atoms with Crippen molar-refractivity contribution < 1.29 is 32.2 Å². The average molecular weight is 366 g/mol. The predicted octanol–water partition coefficient (Wildman–Crippen LogP) is -0.879. The van der Waals surface area contributed by atoms with Gasteiger partial charge >= 0.3 is 5.97 Å². The molecule has 0 saturated carbocycles. The van der Waals surface area contributed by atoms with E-state index in [4.69, 9.17) is 14.2 Å². The van der Waals surface area contributed by atoms with Crippen LogP contribution in [0.2, 0.25) is 0 Å². The van der Waals surface area contributed by atoms with Crippen LogP contribution in [0.3, 0.4) is 0 Å². The first-order valence-electron chi connectivity index (χ1n) is 7.90. The van der Waals surface area contributed by atoms with Gasteiger partial charge in [0.15, 0.2) is 0 Å². The zero-order valence-electron chi connectivity index (χ0n) is 14.3. The van der Waals surface area contributed by atoms with E-state index in [1.54, 1.807) is 6.92 Å². The largest absolute Gasteiger partial charge is 0.465 e. The van der Waals surface area contributed by atoms with Crippen LogP contribution in [0.1, 0.15) is 20.8 Å². The molecule has 0 aromatic rings. The summed E-state index contributed by atoms with van der Waals surface area (Å²) in [5.41, 5.74) is 0. The Hall–Kier alpha value is -1.23. The van der Waals surface area contributed by atoms with Crippen LogP contribution in [0.15, 0.2) is 0 Å². The lowest BCUT2D eigenvalue weighted by Gasteiger charge is -2.33. The van der Waals surface area contributed by atoms with Crippen LogP contribution in [-0.2, 0) is 33.8 Å². The molecule has 0 aromatic carbocycles. The molecule has 9 nitrogen and oxygen atoms in total. The van der Waals surface area contributed by atoms with Crippen molar-refractivity contribution in [3.8, 4) is 0 Å². The quantitative estimate of drug-likeness (QED) is 0.528. The Morgan fingerprint density at radius 2 is 2.08 bits per heavy atom. The fourth-order valence-corrected chi connectivity index (χ4v) is 3.56. The minimum atomic E-state index is -3.67. The second-order valence-electron chi connectivity index (χ2n) is 5.46. The summed E-state index contributed by atoms with van der Waals surface area (Å²) in [6.45, 7) is 5.47. The molecule has 24 heavy (non-hydrogen) atoms. The molecule has 0 unspecified atom stereocenters. The second-order valence-corrected chi connectivity index (χ2v) is 7.50. The number of ether oxygens (including phenoxy) is 3. The first kappa shape index (κ1) is 20.8. The molecule has 1 aliphatic rings. The third kappa shape index (κ3) is 6.71. The molecule has 1 atom stereocenters. The van der Waals surface area contributed by atoms with Gasteiger partial charge in [0.25, 0.3) is 0 Å². The molecule has 1 fully saturated rings. The summed E-state index contributed by atoms with van der Waals surface area (Å²) >= 11 is 0. The number of nitrogens with zero attached hydrogens (tertiary/aromatic N) is 1. The first-order valence-corrected chi connectivity index (χ1v) is 9.51. The Balaban J connectivity index is 2.66. The Morgan fingerprint density at radius 1 is 1.38 bits per heavy atom. The van der Waals surface area contributed by atoms with Crippen molar-refractivity contribution >= 4 is 21.9 Å². The average Bonchev–Trinajstić information content (AvgIpc) is 2.52. The Labute approximate surface area is 142 Å². The summed E-state index contributed by atoms with van der Waals surface area (Å²) in [7, 11) is -3.67. The van der Waals surface area contributed by atoms with Crippen LogP contribution in [0.5, 0.6) is 0 Å². The lowest BCUT2D eigenvalue weighted by molar-refractivity contribution is -0.144. The van der Waals surface area contributed by atoms with Gasteiger partial charge in [-0.15, -0.1) is 0 Å². The van der Waals surface area contributed by atoms with E-state index in [2.05, 4.69) is 5.32 Å². The minimum absolute atomic E-state index is 0.0501. The van der Waals surface area contributed by atoms with E-state index < -0.39 is 27.9 Å². The topological polar surface area (TPSA) is 111 Å². The SMILES string of the molecule is CCOC(=O)CNC(=O)[C@H]1COCCN1S(=O)(=O)CCOC(C)C. The highest BCUT2D eigenvalue weighted by Gasteiger charge is 2.37. The molecule has 0 aromatic heterocycles. The van der Waals surface area contributed by atoms with E-state index in [-0.39, 0.29) is 51.4 Å². The number of rotatable bonds is 9. The van der Waals surface area contributed by atoms with Crippen LogP contribution < -0.4 is 5.32 Å². The molecule has 1 amide bonds. The number of morpholine rings is 1. The zero-order valence-corrected chi connectivity index (χ0v) is 15.1. The highest BCUT2D eigenvalue weighted by Crippen LogP contribution is 2.13. The molecule has 1 saturated heterocycles. The van der Waals surface area contributed by atoms with Gasteiger partial charge in [-0.1, -0.05) is 0 Å². The summed E-state index contributed by atoms with van der Waals surface area (Å²) in [4.78, 5) is 23.5. The fraction of sp³-hybridized carbons (Fsp3) is 0.857. The number of hydrogen-bond donors (Lipinski definition) is 1. The predicted molar refractivity (Wildman–Crippen MR) is 85.8 cm³/mol. The van der Waals surface area contributed by atoms with E-state index in [9.17, 15) is 18.0 Å². The van der Waals surface area contributed by atoms with Crippen LogP contribution >= 0.6 is 0 Å². The molecule has 0 aliphatic carbocycles. The molecular weight excluding hydrogens is 340 g/mol. The molecule has 1 N–H and O–H groups in total. The number of carbonyl (C=O) groups is 2. The number of sulfonamides is 1. The van der Waals surface area contributed by atoms with Gasteiger partial charge in [0.1, 0.15) is 12.6 Å². The normalized spacial score (nSPS) is 19.2. The lowest BCUT2D eigenvalue weighted by atomic mass is 10.2. The maximum Gasteiger partial charge on any atom is 0.325 e. The molecular formula is C14H26N2O7S. The second kappa shape index (κ2) is 9.92. The summed E-state index contributed by atoms with van der Waals surface area (Å²) in [5, 5.41) is 2.38. The summed E-state index contributed by atoms with van der Waals surface area (Å²) < 4.78 is 41.2. The zero-order chi connectivity index (χ0) is 18.2. The van der Waals surface area contributed by atoms with Gasteiger partial charge in [0, 0.05) is 6.54 Å². The van der Waals surface area contributed by atoms with Gasteiger partial charge in [-0.3, -0.25) is 9.59 Å². The minimum Gasteiger partial charge on any atom is -0.465 e. The van der Waals surface area contributed by atoms with Crippen molar-refractivity contribution in [2.45, 2.75) is 32.9 Å². The van der Waals surface area contributed by atoms with Crippen molar-refractivity contribution in [2.24, 2.45) is 0 Å². The van der Waals surface area contributed by atoms with Gasteiger partial charge in [0.05, 0.1) is 38.3 Å². The van der Waals surface area contributed by atoms with Crippen molar-refractivity contribution in [3.63, 3.8) is 0 Å². The van der Waals surface area contributed by atoms with Gasteiger partial charge in [-0.05, 0) is 20.8 Å². The Kier molecular flexibility index (Phi) is 8.60. The molecule has 10 heteroatoms. The molecule has 1 aliphatic heterocycles. The van der Waals surface area contributed by atoms with Crippen molar-refractivity contribution in [1.82, 2.24) is 9.62 Å². The highest BCUT2D eigenvalue weighted by molar-refractivity contribution is 7.89. The Bertz CT molecular complexity index is 521. The smallest absolute Gasteiger partial charge is 0.325 e. The third-order valence-corrected chi connectivity index (χ3v) is 5.08. The van der Waals surface area contributed by atoms with Gasteiger partial charge in [-0.2, -0.15) is 4.31 Å². The van der Waals surface area contributed by atoms with Crippen LogP contribution in [0, 0.1) is 0 Å². The lowest BCUT2D eigenvalue weighted by Crippen LogP contribution is -2.57.